The molecule has 0 heterocycles. The fourth-order valence-electron chi connectivity index (χ4n) is 2.36. The lowest BCUT2D eigenvalue weighted by molar-refractivity contribution is -0.384. The third-order valence-electron chi connectivity index (χ3n) is 3.67. The monoisotopic (exact) mass is 441 g/mol. The van der Waals surface area contributed by atoms with E-state index in [1.54, 1.807) is 0 Å². The molecule has 0 aromatic heterocycles. The van der Waals surface area contributed by atoms with Gasteiger partial charge in [0.05, 0.1) is 34.6 Å². The molecule has 29 heavy (non-hydrogen) atoms. The number of nitrogens with zero attached hydrogens (tertiary/aromatic N) is 2. The van der Waals surface area contributed by atoms with Crippen molar-refractivity contribution in [3.63, 3.8) is 0 Å². The first-order valence-electron chi connectivity index (χ1n) is 7.93. The number of nitro groups is 1. The van der Waals surface area contributed by atoms with E-state index in [2.05, 4.69) is 10.1 Å². The van der Waals surface area contributed by atoms with Crippen molar-refractivity contribution in [2.75, 3.05) is 29.5 Å². The Morgan fingerprint density at radius 3 is 2.52 bits per heavy atom. The molecule has 1 amide bonds. The molecule has 0 radical (unpaired) electrons. The summed E-state index contributed by atoms with van der Waals surface area (Å²) in [5.41, 5.74) is -0.155. The standard InChI is InChI=1S/C17H16ClN3O7S/c1-28-17(23)14-8-11(6-7-15(14)18)19-16(22)10-20(29(2,26)27)12-4-3-5-13(9-12)21(24)25/h3-9H,10H2,1-2H3,(H,19,22). The van der Waals surface area contributed by atoms with E-state index in [0.29, 0.717) is 0 Å². The fraction of sp³-hybridized carbons (Fsp3) is 0.176. The zero-order valence-electron chi connectivity index (χ0n) is 15.3. The lowest BCUT2D eigenvalue weighted by atomic mass is 10.2. The predicted octanol–water partition coefficient (Wildman–Crippen LogP) is 2.44. The van der Waals surface area contributed by atoms with Gasteiger partial charge in [0.15, 0.2) is 0 Å². The molecule has 0 spiro atoms. The first kappa shape index (κ1) is 22.1. The minimum Gasteiger partial charge on any atom is -0.465 e. The van der Waals surface area contributed by atoms with Gasteiger partial charge in [0.25, 0.3) is 5.69 Å². The van der Waals surface area contributed by atoms with Gasteiger partial charge in [-0.25, -0.2) is 13.2 Å². The molecular formula is C17H16ClN3O7S. The van der Waals surface area contributed by atoms with E-state index in [1.807, 2.05) is 0 Å². The molecule has 12 heteroatoms. The third-order valence-corrected chi connectivity index (χ3v) is 5.14. The molecule has 2 aromatic carbocycles. The van der Waals surface area contributed by atoms with E-state index in [-0.39, 0.29) is 27.6 Å². The van der Waals surface area contributed by atoms with Crippen molar-refractivity contribution in [2.24, 2.45) is 0 Å². The van der Waals surface area contributed by atoms with Crippen LogP contribution in [0.5, 0.6) is 0 Å². The number of non-ortho nitro benzene ring substituents is 1. The molecule has 0 saturated heterocycles. The number of nitro benzene ring substituents is 1. The Labute approximate surface area is 171 Å². The summed E-state index contributed by atoms with van der Waals surface area (Å²) < 4.78 is 29.6. The average Bonchev–Trinajstić information content (AvgIpc) is 2.66. The second-order valence-corrected chi connectivity index (χ2v) is 8.09. The first-order valence-corrected chi connectivity index (χ1v) is 10.2. The van der Waals surface area contributed by atoms with Crippen LogP contribution in [0, 0.1) is 10.1 Å². The Kier molecular flexibility index (Phi) is 6.77. The molecule has 0 aliphatic rings. The summed E-state index contributed by atoms with van der Waals surface area (Å²) >= 11 is 5.91. The van der Waals surface area contributed by atoms with Crippen LogP contribution in [0.3, 0.4) is 0 Å². The number of methoxy groups -OCH3 is 1. The van der Waals surface area contributed by atoms with E-state index < -0.39 is 33.4 Å². The van der Waals surface area contributed by atoms with E-state index in [4.69, 9.17) is 11.6 Å². The van der Waals surface area contributed by atoms with Crippen LogP contribution in [0.1, 0.15) is 10.4 Å². The van der Waals surface area contributed by atoms with Gasteiger partial charge in [0, 0.05) is 17.8 Å². The zero-order chi connectivity index (χ0) is 21.8. The molecule has 10 nitrogen and oxygen atoms in total. The predicted molar refractivity (Wildman–Crippen MR) is 107 cm³/mol. The van der Waals surface area contributed by atoms with Crippen molar-refractivity contribution in [3.8, 4) is 0 Å². The summed E-state index contributed by atoms with van der Waals surface area (Å²) in [6.45, 7) is -0.643. The van der Waals surface area contributed by atoms with Gasteiger partial charge in [-0.2, -0.15) is 0 Å². The molecule has 0 saturated carbocycles. The summed E-state index contributed by atoms with van der Waals surface area (Å²) in [5.74, 6) is -1.44. The number of nitrogens with one attached hydrogen (secondary N) is 1. The lowest BCUT2D eigenvalue weighted by Crippen LogP contribution is -2.37. The van der Waals surface area contributed by atoms with Gasteiger partial charge >= 0.3 is 5.97 Å². The van der Waals surface area contributed by atoms with Gasteiger partial charge in [0.2, 0.25) is 15.9 Å². The van der Waals surface area contributed by atoms with E-state index in [0.717, 1.165) is 16.6 Å². The Hall–Kier alpha value is -3.18. The van der Waals surface area contributed by atoms with Gasteiger partial charge < -0.3 is 10.1 Å². The Bertz CT molecular complexity index is 1070. The maximum absolute atomic E-state index is 12.4. The highest BCUT2D eigenvalue weighted by Crippen LogP contribution is 2.24. The maximum Gasteiger partial charge on any atom is 0.339 e. The van der Waals surface area contributed by atoms with E-state index in [1.165, 1.54) is 43.5 Å². The van der Waals surface area contributed by atoms with E-state index >= 15 is 0 Å². The molecule has 154 valence electrons. The quantitative estimate of drug-likeness (QED) is 0.396. The summed E-state index contributed by atoms with van der Waals surface area (Å²) in [6.07, 6.45) is 0.872. The van der Waals surface area contributed by atoms with Crippen LogP contribution in [0.4, 0.5) is 17.1 Å². The summed E-state index contributed by atoms with van der Waals surface area (Å²) in [5, 5.41) is 13.5. The van der Waals surface area contributed by atoms with Gasteiger partial charge in [-0.1, -0.05) is 17.7 Å². The van der Waals surface area contributed by atoms with Crippen LogP contribution < -0.4 is 9.62 Å². The Morgan fingerprint density at radius 1 is 1.24 bits per heavy atom. The normalized spacial score (nSPS) is 10.9. The van der Waals surface area contributed by atoms with Gasteiger partial charge in [-0.3, -0.25) is 19.2 Å². The molecule has 0 unspecified atom stereocenters. The summed E-state index contributed by atoms with van der Waals surface area (Å²) in [6, 6.07) is 8.97. The van der Waals surface area contributed by atoms with Gasteiger partial charge in [-0.05, 0) is 24.3 Å². The van der Waals surface area contributed by atoms with Crippen LogP contribution in [0.15, 0.2) is 42.5 Å². The minimum absolute atomic E-state index is 0.0191. The molecule has 0 aliphatic carbocycles. The van der Waals surface area contributed by atoms with Crippen molar-refractivity contribution in [2.45, 2.75) is 0 Å². The average molecular weight is 442 g/mol. The van der Waals surface area contributed by atoms with Crippen molar-refractivity contribution in [1.29, 1.82) is 0 Å². The smallest absolute Gasteiger partial charge is 0.339 e. The van der Waals surface area contributed by atoms with Gasteiger partial charge in [0.1, 0.15) is 6.54 Å². The molecule has 0 bridgehead atoms. The van der Waals surface area contributed by atoms with Crippen LogP contribution in [-0.2, 0) is 19.6 Å². The highest BCUT2D eigenvalue weighted by Gasteiger charge is 2.23. The van der Waals surface area contributed by atoms with Crippen LogP contribution in [-0.4, -0.2) is 45.1 Å². The number of carbonyl (C=O) groups is 2. The number of hydrogen-bond acceptors (Lipinski definition) is 7. The number of carbonyl (C=O) groups excluding carboxylic acids is 2. The van der Waals surface area contributed by atoms with Crippen LogP contribution in [0.2, 0.25) is 5.02 Å². The number of esters is 1. The van der Waals surface area contributed by atoms with Crippen molar-refractivity contribution in [1.82, 2.24) is 0 Å². The third kappa shape index (κ3) is 5.65. The van der Waals surface area contributed by atoms with Gasteiger partial charge in [-0.15, -0.1) is 0 Å². The zero-order valence-corrected chi connectivity index (χ0v) is 16.9. The summed E-state index contributed by atoms with van der Waals surface area (Å²) in [7, 11) is -2.75. The SMILES string of the molecule is COC(=O)c1cc(NC(=O)CN(c2cccc([N+](=O)[O-])c2)S(C)(=O)=O)ccc1Cl. The van der Waals surface area contributed by atoms with E-state index in [9.17, 15) is 28.1 Å². The summed E-state index contributed by atoms with van der Waals surface area (Å²) in [4.78, 5) is 34.4. The van der Waals surface area contributed by atoms with Crippen LogP contribution in [0.25, 0.3) is 0 Å². The Balaban J connectivity index is 2.27. The van der Waals surface area contributed by atoms with Crippen molar-refractivity contribution in [3.05, 3.63) is 63.2 Å². The molecular weight excluding hydrogens is 426 g/mol. The topological polar surface area (TPSA) is 136 Å². The maximum atomic E-state index is 12.4. The Morgan fingerprint density at radius 2 is 1.93 bits per heavy atom. The number of hydrogen-bond donors (Lipinski definition) is 1. The number of anilines is 2. The molecule has 2 aromatic rings. The van der Waals surface area contributed by atoms with Crippen molar-refractivity contribution >= 4 is 50.6 Å². The number of benzene rings is 2. The second-order valence-electron chi connectivity index (χ2n) is 5.78. The number of halogens is 1. The highest BCUT2D eigenvalue weighted by molar-refractivity contribution is 7.92. The molecule has 1 N–H and O–H groups in total. The number of amides is 1. The number of rotatable bonds is 7. The van der Waals surface area contributed by atoms with Crippen LogP contribution >= 0.6 is 11.6 Å². The fourth-order valence-corrected chi connectivity index (χ4v) is 3.41. The largest absolute Gasteiger partial charge is 0.465 e. The molecule has 0 atom stereocenters. The van der Waals surface area contributed by atoms with Crippen molar-refractivity contribution < 1.29 is 27.7 Å². The second kappa shape index (κ2) is 8.88. The highest BCUT2D eigenvalue weighted by atomic mass is 35.5. The first-order chi connectivity index (χ1) is 13.5. The lowest BCUT2D eigenvalue weighted by Gasteiger charge is -2.21. The molecule has 0 aliphatic heterocycles. The number of ether oxygens (including phenoxy) is 1. The number of sulfonamides is 1. The molecule has 2 rings (SSSR count). The minimum atomic E-state index is -3.93. The molecule has 0 fully saturated rings.